The molecule has 0 N–H and O–H groups in total. The van der Waals surface area contributed by atoms with Crippen LogP contribution in [0.4, 0.5) is 5.69 Å². The summed E-state index contributed by atoms with van der Waals surface area (Å²) in [4.78, 5) is 30.7. The quantitative estimate of drug-likeness (QED) is 0.0799. The molecule has 0 saturated heterocycles. The van der Waals surface area contributed by atoms with Crippen LogP contribution in [0.1, 0.15) is 48.9 Å². The second-order valence-corrected chi connectivity index (χ2v) is 12.5. The molecule has 48 heavy (non-hydrogen) atoms. The Kier molecular flexibility index (Phi) is 9.36. The fourth-order valence-electron chi connectivity index (χ4n) is 5.75. The first-order valence-electron chi connectivity index (χ1n) is 15.6. The van der Waals surface area contributed by atoms with Crippen LogP contribution in [0.3, 0.4) is 0 Å². The van der Waals surface area contributed by atoms with Crippen LogP contribution >= 0.6 is 15.9 Å². The van der Waals surface area contributed by atoms with Gasteiger partial charge in [-0.05, 0) is 77.6 Å². The molecule has 1 aromatic heterocycles. The topological polar surface area (TPSA) is 109 Å². The third-order valence-corrected chi connectivity index (χ3v) is 8.55. The average molecular weight is 706 g/mol. The Morgan fingerprint density at radius 2 is 1.71 bits per heavy atom. The van der Waals surface area contributed by atoms with E-state index in [0.29, 0.717) is 33.4 Å². The van der Waals surface area contributed by atoms with Crippen molar-refractivity contribution in [1.82, 2.24) is 9.66 Å². The van der Waals surface area contributed by atoms with Crippen molar-refractivity contribution < 1.29 is 14.4 Å². The van der Waals surface area contributed by atoms with E-state index < -0.39 is 4.92 Å². The molecule has 5 aromatic carbocycles. The molecule has 9 nitrogen and oxygen atoms in total. The van der Waals surface area contributed by atoms with Crippen molar-refractivity contribution in [3.63, 3.8) is 0 Å². The molecule has 0 bridgehead atoms. The van der Waals surface area contributed by atoms with Crippen molar-refractivity contribution in [3.05, 3.63) is 138 Å². The van der Waals surface area contributed by atoms with E-state index in [1.54, 1.807) is 24.3 Å². The number of nitrogens with zero attached hydrogens (tertiary/aromatic N) is 4. The maximum absolute atomic E-state index is 14.0. The summed E-state index contributed by atoms with van der Waals surface area (Å²) >= 11 is 3.40. The lowest BCUT2D eigenvalue weighted by Gasteiger charge is -2.18. The lowest BCUT2D eigenvalue weighted by atomic mass is 9.96. The molecular formula is C38H33BrN4O5. The van der Waals surface area contributed by atoms with E-state index in [4.69, 9.17) is 14.5 Å². The van der Waals surface area contributed by atoms with E-state index in [1.165, 1.54) is 17.0 Å². The monoisotopic (exact) mass is 704 g/mol. The number of hydrogen-bond donors (Lipinski definition) is 0. The third-order valence-electron chi connectivity index (χ3n) is 8.10. The normalized spacial score (nSPS) is 11.5. The smallest absolute Gasteiger partial charge is 0.312 e. The predicted molar refractivity (Wildman–Crippen MR) is 194 cm³/mol. The zero-order valence-corrected chi connectivity index (χ0v) is 28.5. The molecule has 0 radical (unpaired) electrons. The molecule has 0 amide bonds. The van der Waals surface area contributed by atoms with Crippen molar-refractivity contribution in [2.75, 3.05) is 6.61 Å². The van der Waals surface area contributed by atoms with Crippen LogP contribution in [0.2, 0.25) is 0 Å². The highest BCUT2D eigenvalue weighted by Crippen LogP contribution is 2.36. The summed E-state index contributed by atoms with van der Waals surface area (Å²) < 4.78 is 13.9. The molecular weight excluding hydrogens is 672 g/mol. The maximum atomic E-state index is 14.0. The Balaban J connectivity index is 1.51. The van der Waals surface area contributed by atoms with Crippen LogP contribution in [0.25, 0.3) is 33.1 Å². The van der Waals surface area contributed by atoms with Gasteiger partial charge in [0.1, 0.15) is 12.4 Å². The number of aryl methyl sites for hydroxylation is 1. The number of nitro groups is 1. The lowest BCUT2D eigenvalue weighted by Crippen LogP contribution is -2.21. The van der Waals surface area contributed by atoms with E-state index in [-0.39, 0.29) is 29.5 Å². The van der Waals surface area contributed by atoms with Crippen molar-refractivity contribution >= 4 is 49.5 Å². The maximum Gasteiger partial charge on any atom is 0.312 e. The third kappa shape index (κ3) is 6.44. The molecule has 0 spiro atoms. The minimum Gasteiger partial charge on any atom is -0.494 e. The highest BCUT2D eigenvalue weighted by Gasteiger charge is 2.22. The molecule has 0 fully saturated rings. The lowest BCUT2D eigenvalue weighted by molar-refractivity contribution is -0.386. The van der Waals surface area contributed by atoms with Gasteiger partial charge in [0.25, 0.3) is 5.56 Å². The van der Waals surface area contributed by atoms with Gasteiger partial charge in [0.2, 0.25) is 5.75 Å². The summed E-state index contributed by atoms with van der Waals surface area (Å²) in [6, 6.07) is 27.9. The molecule has 1 heterocycles. The fraction of sp³-hybridized carbons (Fsp3) is 0.184. The molecule has 0 aliphatic heterocycles. The SMILES string of the molecule is CCOc1cc(C)c(-c2nc3ccccc3c(=O)n2N=Cc2cc(Br)cc([N+](=O)[O-])c2OCc2cccc3ccccc23)cc1C(C)C. The first-order chi connectivity index (χ1) is 23.2. The Morgan fingerprint density at radius 1 is 0.979 bits per heavy atom. The first kappa shape index (κ1) is 32.6. The number of ether oxygens (including phenoxy) is 2. The predicted octanol–water partition coefficient (Wildman–Crippen LogP) is 9.18. The van der Waals surface area contributed by atoms with E-state index in [2.05, 4.69) is 34.9 Å². The summed E-state index contributed by atoms with van der Waals surface area (Å²) in [7, 11) is 0. The molecule has 0 aliphatic carbocycles. The van der Waals surface area contributed by atoms with Gasteiger partial charge in [-0.15, -0.1) is 0 Å². The van der Waals surface area contributed by atoms with Crippen LogP contribution in [0.15, 0.2) is 105 Å². The second-order valence-electron chi connectivity index (χ2n) is 11.6. The summed E-state index contributed by atoms with van der Waals surface area (Å²) in [5.74, 6) is 1.28. The van der Waals surface area contributed by atoms with Crippen molar-refractivity contribution in [2.24, 2.45) is 5.10 Å². The first-order valence-corrected chi connectivity index (χ1v) is 16.4. The van der Waals surface area contributed by atoms with Crippen LogP contribution in [0.5, 0.6) is 11.5 Å². The molecule has 6 rings (SSSR count). The van der Waals surface area contributed by atoms with E-state index in [0.717, 1.165) is 38.8 Å². The average Bonchev–Trinajstić information content (AvgIpc) is 3.07. The van der Waals surface area contributed by atoms with Crippen LogP contribution < -0.4 is 15.0 Å². The zero-order valence-electron chi connectivity index (χ0n) is 26.9. The fourth-order valence-corrected chi connectivity index (χ4v) is 6.22. The number of fused-ring (bicyclic) bond motifs is 2. The summed E-state index contributed by atoms with van der Waals surface area (Å²) in [6.07, 6.45) is 1.41. The molecule has 10 heteroatoms. The summed E-state index contributed by atoms with van der Waals surface area (Å²) in [5, 5.41) is 19.3. The molecule has 0 aliphatic rings. The summed E-state index contributed by atoms with van der Waals surface area (Å²) in [6.45, 7) is 8.64. The molecule has 0 atom stereocenters. The van der Waals surface area contributed by atoms with E-state index in [1.807, 2.05) is 74.5 Å². The Hall–Kier alpha value is -5.35. The highest BCUT2D eigenvalue weighted by molar-refractivity contribution is 9.10. The van der Waals surface area contributed by atoms with Gasteiger partial charge in [0, 0.05) is 21.7 Å². The van der Waals surface area contributed by atoms with Crippen molar-refractivity contribution in [3.8, 4) is 22.9 Å². The Morgan fingerprint density at radius 3 is 2.46 bits per heavy atom. The van der Waals surface area contributed by atoms with Gasteiger partial charge >= 0.3 is 5.69 Å². The van der Waals surface area contributed by atoms with Gasteiger partial charge in [0.15, 0.2) is 5.82 Å². The van der Waals surface area contributed by atoms with Gasteiger partial charge in [-0.2, -0.15) is 9.78 Å². The van der Waals surface area contributed by atoms with E-state index in [9.17, 15) is 14.9 Å². The van der Waals surface area contributed by atoms with Gasteiger partial charge in [0.05, 0.1) is 28.6 Å². The summed E-state index contributed by atoms with van der Waals surface area (Å²) in [5.41, 5.74) is 3.64. The van der Waals surface area contributed by atoms with Gasteiger partial charge in [-0.25, -0.2) is 4.98 Å². The minimum absolute atomic E-state index is 0.0302. The Bertz CT molecular complexity index is 2270. The van der Waals surface area contributed by atoms with Gasteiger partial charge < -0.3 is 9.47 Å². The van der Waals surface area contributed by atoms with Crippen LogP contribution in [-0.4, -0.2) is 27.4 Å². The number of aromatic nitrogens is 2. The minimum atomic E-state index is -0.494. The van der Waals surface area contributed by atoms with Crippen molar-refractivity contribution in [1.29, 1.82) is 0 Å². The molecule has 242 valence electrons. The largest absolute Gasteiger partial charge is 0.494 e. The number of nitro benzene ring substituents is 1. The Labute approximate surface area is 285 Å². The van der Waals surface area contributed by atoms with Gasteiger partial charge in [-0.1, -0.05) is 84.4 Å². The zero-order chi connectivity index (χ0) is 33.9. The number of benzene rings is 5. The van der Waals surface area contributed by atoms with Crippen molar-refractivity contribution in [2.45, 2.75) is 40.2 Å². The highest BCUT2D eigenvalue weighted by atomic mass is 79.9. The van der Waals surface area contributed by atoms with Crippen LogP contribution in [0, 0.1) is 17.0 Å². The number of halogens is 1. The number of para-hydroxylation sites is 1. The molecule has 6 aromatic rings. The number of hydrogen-bond acceptors (Lipinski definition) is 7. The molecule has 0 saturated carbocycles. The number of rotatable bonds is 10. The van der Waals surface area contributed by atoms with E-state index >= 15 is 0 Å². The second kappa shape index (κ2) is 13.8. The standard InChI is InChI=1S/C38H33BrN4O5/c1-5-47-35-17-24(4)32(20-31(35)23(2)3)37-41-33-16-9-8-15-30(33)38(44)42(37)40-21-27-18-28(39)19-34(43(45)46)36(27)48-22-26-13-10-12-25-11-6-7-14-29(25)26/h6-21,23H,5,22H2,1-4H3. The molecule has 0 unspecified atom stereocenters. The van der Waals surface area contributed by atoms with Crippen LogP contribution in [-0.2, 0) is 6.61 Å². The van der Waals surface area contributed by atoms with Gasteiger partial charge in [-0.3, -0.25) is 14.9 Å².